The van der Waals surface area contributed by atoms with E-state index in [0.717, 1.165) is 42.4 Å². The Bertz CT molecular complexity index is 1020. The van der Waals surface area contributed by atoms with Gasteiger partial charge < -0.3 is 14.8 Å². The van der Waals surface area contributed by atoms with Gasteiger partial charge in [0.1, 0.15) is 12.4 Å². The van der Waals surface area contributed by atoms with E-state index in [0.29, 0.717) is 12.4 Å². The van der Waals surface area contributed by atoms with Crippen LogP contribution in [0.2, 0.25) is 0 Å². The minimum atomic E-state index is -0.0378. The highest BCUT2D eigenvalue weighted by Gasteiger charge is 2.22. The van der Waals surface area contributed by atoms with Gasteiger partial charge in [0.25, 0.3) is 0 Å². The normalized spacial score (nSPS) is 14.6. The van der Waals surface area contributed by atoms with Crippen LogP contribution >= 0.6 is 0 Å². The summed E-state index contributed by atoms with van der Waals surface area (Å²) in [6.45, 7) is 0.493. The standard InChI is InChI=1S/C24H28N4O2/c1-27(19-12-6-3-7-13-19)23(29)17-28-21-15-9-8-14-20(21)26-22(28)16-25-24(30)18-10-4-2-5-11-18/h3,6-9,12-15,18H,2,4-5,10-11,16-17H2,1H3,(H,25,30). The average Bonchev–Trinajstić information content (AvgIpc) is 3.15. The smallest absolute Gasteiger partial charge is 0.246 e. The molecule has 6 heteroatoms. The lowest BCUT2D eigenvalue weighted by Gasteiger charge is -2.21. The second-order valence-corrected chi connectivity index (χ2v) is 7.94. The van der Waals surface area contributed by atoms with Crippen molar-refractivity contribution >= 4 is 28.5 Å². The number of nitrogens with one attached hydrogen (secondary N) is 1. The molecule has 1 aliphatic rings. The third-order valence-electron chi connectivity index (χ3n) is 5.94. The van der Waals surface area contributed by atoms with Gasteiger partial charge >= 0.3 is 0 Å². The molecule has 4 rings (SSSR count). The van der Waals surface area contributed by atoms with Crippen LogP contribution in [0.3, 0.4) is 0 Å². The first-order chi connectivity index (χ1) is 14.6. The molecular formula is C24H28N4O2. The Hall–Kier alpha value is -3.15. The van der Waals surface area contributed by atoms with E-state index in [1.54, 1.807) is 11.9 Å². The monoisotopic (exact) mass is 404 g/mol. The third kappa shape index (κ3) is 4.37. The number of likely N-dealkylation sites (N-methyl/N-ethyl adjacent to an activating group) is 1. The molecule has 0 atom stereocenters. The quantitative estimate of drug-likeness (QED) is 0.678. The summed E-state index contributed by atoms with van der Waals surface area (Å²) in [6, 6.07) is 17.4. The van der Waals surface area contributed by atoms with Crippen molar-refractivity contribution in [2.75, 3.05) is 11.9 Å². The molecule has 1 aliphatic carbocycles. The van der Waals surface area contributed by atoms with E-state index in [1.165, 1.54) is 6.42 Å². The number of benzene rings is 2. The van der Waals surface area contributed by atoms with E-state index >= 15 is 0 Å². The van der Waals surface area contributed by atoms with E-state index in [4.69, 9.17) is 4.98 Å². The van der Waals surface area contributed by atoms with E-state index in [9.17, 15) is 9.59 Å². The summed E-state index contributed by atoms with van der Waals surface area (Å²) in [7, 11) is 1.78. The van der Waals surface area contributed by atoms with Gasteiger partial charge in [-0.1, -0.05) is 49.6 Å². The summed E-state index contributed by atoms with van der Waals surface area (Å²) in [5, 5.41) is 3.06. The number of rotatable bonds is 6. The van der Waals surface area contributed by atoms with Crippen LogP contribution in [-0.4, -0.2) is 28.4 Å². The number of amides is 2. The second kappa shape index (κ2) is 9.11. The minimum absolute atomic E-state index is 0.0378. The van der Waals surface area contributed by atoms with Crippen molar-refractivity contribution in [1.82, 2.24) is 14.9 Å². The van der Waals surface area contributed by atoms with Crippen LogP contribution in [0.4, 0.5) is 5.69 Å². The second-order valence-electron chi connectivity index (χ2n) is 7.94. The number of hydrogen-bond donors (Lipinski definition) is 1. The molecule has 1 fully saturated rings. The number of imidazole rings is 1. The fourth-order valence-corrected chi connectivity index (χ4v) is 4.15. The lowest BCUT2D eigenvalue weighted by atomic mass is 9.89. The molecule has 0 radical (unpaired) electrons. The number of carbonyl (C=O) groups is 2. The lowest BCUT2D eigenvalue weighted by Crippen LogP contribution is -2.34. The van der Waals surface area contributed by atoms with Crippen molar-refractivity contribution in [3.63, 3.8) is 0 Å². The summed E-state index contributed by atoms with van der Waals surface area (Å²) in [4.78, 5) is 31.9. The largest absolute Gasteiger partial charge is 0.349 e. The van der Waals surface area contributed by atoms with Crippen LogP contribution in [0.5, 0.6) is 0 Å². The zero-order valence-electron chi connectivity index (χ0n) is 17.4. The molecule has 2 aromatic carbocycles. The molecule has 0 unspecified atom stereocenters. The number of carbonyl (C=O) groups excluding carboxylic acids is 2. The summed E-state index contributed by atoms with van der Waals surface area (Å²) in [5.41, 5.74) is 2.57. The number of anilines is 1. The zero-order valence-corrected chi connectivity index (χ0v) is 17.4. The van der Waals surface area contributed by atoms with Crippen molar-refractivity contribution in [2.45, 2.75) is 45.2 Å². The van der Waals surface area contributed by atoms with Gasteiger partial charge in [-0.3, -0.25) is 9.59 Å². The third-order valence-corrected chi connectivity index (χ3v) is 5.94. The first kappa shape index (κ1) is 20.1. The molecule has 1 aromatic heterocycles. The van der Waals surface area contributed by atoms with Crippen LogP contribution in [0.25, 0.3) is 11.0 Å². The van der Waals surface area contributed by atoms with Crippen molar-refractivity contribution in [3.05, 3.63) is 60.4 Å². The van der Waals surface area contributed by atoms with Crippen LogP contribution in [0, 0.1) is 5.92 Å². The molecular weight excluding hydrogens is 376 g/mol. The van der Waals surface area contributed by atoms with Crippen LogP contribution in [-0.2, 0) is 22.7 Å². The van der Waals surface area contributed by atoms with Crippen molar-refractivity contribution in [3.8, 4) is 0 Å². The number of para-hydroxylation sites is 3. The highest BCUT2D eigenvalue weighted by atomic mass is 16.2. The van der Waals surface area contributed by atoms with Gasteiger partial charge in [0.2, 0.25) is 11.8 Å². The maximum Gasteiger partial charge on any atom is 0.246 e. The zero-order chi connectivity index (χ0) is 20.9. The number of aromatic nitrogens is 2. The Labute approximate surface area is 176 Å². The molecule has 0 aliphatic heterocycles. The van der Waals surface area contributed by atoms with E-state index in [-0.39, 0.29) is 24.3 Å². The average molecular weight is 405 g/mol. The summed E-state index contributed by atoms with van der Waals surface area (Å²) < 4.78 is 1.91. The maximum atomic E-state index is 13.0. The molecule has 0 bridgehead atoms. The Balaban J connectivity index is 1.53. The molecule has 0 spiro atoms. The van der Waals surface area contributed by atoms with Crippen molar-refractivity contribution in [2.24, 2.45) is 5.92 Å². The minimum Gasteiger partial charge on any atom is -0.349 e. The Morgan fingerprint density at radius 3 is 2.50 bits per heavy atom. The molecule has 156 valence electrons. The Morgan fingerprint density at radius 2 is 1.73 bits per heavy atom. The summed E-state index contributed by atoms with van der Waals surface area (Å²) in [6.07, 6.45) is 5.38. The Kier molecular flexibility index (Phi) is 6.12. The molecule has 2 amide bonds. The predicted molar refractivity (Wildman–Crippen MR) is 118 cm³/mol. The highest BCUT2D eigenvalue weighted by Crippen LogP contribution is 2.24. The number of nitrogens with zero attached hydrogens (tertiary/aromatic N) is 3. The summed E-state index contributed by atoms with van der Waals surface area (Å²) in [5.74, 6) is 0.864. The van der Waals surface area contributed by atoms with E-state index in [1.807, 2.05) is 59.2 Å². The van der Waals surface area contributed by atoms with Gasteiger partial charge in [-0.2, -0.15) is 0 Å². The van der Waals surface area contributed by atoms with Crippen LogP contribution in [0.1, 0.15) is 37.9 Å². The van der Waals surface area contributed by atoms with Crippen LogP contribution in [0.15, 0.2) is 54.6 Å². The summed E-state index contributed by atoms with van der Waals surface area (Å²) >= 11 is 0. The molecule has 6 nitrogen and oxygen atoms in total. The SMILES string of the molecule is CN(C(=O)Cn1c(CNC(=O)C2CCCCC2)nc2ccccc21)c1ccccc1. The molecule has 0 saturated heterocycles. The molecule has 3 aromatic rings. The fraction of sp³-hybridized carbons (Fsp3) is 0.375. The van der Waals surface area contributed by atoms with Gasteiger partial charge in [0.05, 0.1) is 17.6 Å². The fourth-order valence-electron chi connectivity index (χ4n) is 4.15. The van der Waals surface area contributed by atoms with Gasteiger partial charge in [0, 0.05) is 18.7 Å². The molecule has 30 heavy (non-hydrogen) atoms. The van der Waals surface area contributed by atoms with Crippen molar-refractivity contribution < 1.29 is 9.59 Å². The van der Waals surface area contributed by atoms with Crippen molar-refractivity contribution in [1.29, 1.82) is 0 Å². The number of fused-ring (bicyclic) bond motifs is 1. The molecule has 1 N–H and O–H groups in total. The van der Waals surface area contributed by atoms with Gasteiger partial charge in [-0.15, -0.1) is 0 Å². The number of hydrogen-bond acceptors (Lipinski definition) is 3. The first-order valence-electron chi connectivity index (χ1n) is 10.7. The maximum absolute atomic E-state index is 13.0. The predicted octanol–water partition coefficient (Wildman–Crippen LogP) is 3.90. The Morgan fingerprint density at radius 1 is 1.03 bits per heavy atom. The topological polar surface area (TPSA) is 67.2 Å². The van der Waals surface area contributed by atoms with Crippen LogP contribution < -0.4 is 10.2 Å². The molecule has 1 heterocycles. The molecule has 1 saturated carbocycles. The highest BCUT2D eigenvalue weighted by molar-refractivity contribution is 5.93. The van der Waals surface area contributed by atoms with Gasteiger partial charge in [0.15, 0.2) is 0 Å². The van der Waals surface area contributed by atoms with Gasteiger partial charge in [-0.05, 0) is 37.1 Å². The first-order valence-corrected chi connectivity index (χ1v) is 10.7. The van der Waals surface area contributed by atoms with E-state index < -0.39 is 0 Å². The van der Waals surface area contributed by atoms with E-state index in [2.05, 4.69) is 5.32 Å². The van der Waals surface area contributed by atoms with Gasteiger partial charge in [-0.25, -0.2) is 4.98 Å². The lowest BCUT2D eigenvalue weighted by molar-refractivity contribution is -0.126.